The summed E-state index contributed by atoms with van der Waals surface area (Å²) in [5, 5.41) is -0.263. The molecule has 0 unspecified atom stereocenters. The molecule has 0 saturated carbocycles. The van der Waals surface area contributed by atoms with Gasteiger partial charge in [-0.2, -0.15) is 17.6 Å². The molecule has 0 aliphatic heterocycles. The highest BCUT2D eigenvalue weighted by molar-refractivity contribution is 6.41. The summed E-state index contributed by atoms with van der Waals surface area (Å²) < 4.78 is 52.6. The minimum absolute atomic E-state index is 0.126. The Morgan fingerprint density at radius 1 is 0.950 bits per heavy atom. The number of alkyl halides is 3. The predicted octanol–water partition coefficient (Wildman–Crippen LogP) is 5.87. The van der Waals surface area contributed by atoms with Crippen LogP contribution in [-0.2, 0) is 6.18 Å². The van der Waals surface area contributed by atoms with E-state index in [-0.39, 0.29) is 20.6 Å². The van der Waals surface area contributed by atoms with Gasteiger partial charge in [0.2, 0.25) is 5.95 Å². The Bertz CT molecular complexity index is 647. The molecule has 1 heterocycles. The number of nitrogens with zero attached hydrogens (tertiary/aromatic N) is 1. The molecule has 0 bridgehead atoms. The van der Waals surface area contributed by atoms with Crippen molar-refractivity contribution >= 4 is 34.8 Å². The molecule has 0 radical (unpaired) electrons. The van der Waals surface area contributed by atoms with Gasteiger partial charge in [-0.25, -0.2) is 4.98 Å². The highest BCUT2D eigenvalue weighted by Gasteiger charge is 2.36. The predicted molar refractivity (Wildman–Crippen MR) is 69.7 cm³/mol. The Balaban J connectivity index is 2.83. The van der Waals surface area contributed by atoms with Gasteiger partial charge in [0.15, 0.2) is 0 Å². The molecular formula is C12H4Cl3F4N. The summed E-state index contributed by atoms with van der Waals surface area (Å²) in [4.78, 5) is 3.22. The summed E-state index contributed by atoms with van der Waals surface area (Å²) in [6, 6.07) is 3.01. The van der Waals surface area contributed by atoms with Gasteiger partial charge in [-0.15, -0.1) is 0 Å². The molecule has 1 aromatic heterocycles. The van der Waals surface area contributed by atoms with Crippen LogP contribution in [0.4, 0.5) is 17.6 Å². The zero-order valence-electron chi connectivity index (χ0n) is 9.40. The number of rotatable bonds is 1. The van der Waals surface area contributed by atoms with Crippen LogP contribution in [0.25, 0.3) is 11.1 Å². The van der Waals surface area contributed by atoms with Gasteiger partial charge in [0.1, 0.15) is 0 Å². The standard InChI is InChI=1S/C12H4Cl3F4N/c13-5-3-7(14)10(8(15)4-5)9-6(12(17,18)19)1-2-20-11(9)16/h1-4H. The fraction of sp³-hybridized carbons (Fsp3) is 0.0833. The average Bonchev–Trinajstić information content (AvgIpc) is 2.28. The first-order chi connectivity index (χ1) is 9.21. The van der Waals surface area contributed by atoms with Crippen LogP contribution in [0.15, 0.2) is 24.4 Å². The van der Waals surface area contributed by atoms with Crippen molar-refractivity contribution in [1.29, 1.82) is 0 Å². The third-order valence-electron chi connectivity index (χ3n) is 2.47. The molecule has 0 N–H and O–H groups in total. The topological polar surface area (TPSA) is 12.9 Å². The third-order valence-corrected chi connectivity index (χ3v) is 3.28. The van der Waals surface area contributed by atoms with Gasteiger partial charge in [-0.1, -0.05) is 34.8 Å². The molecule has 2 rings (SSSR count). The number of hydrogen-bond donors (Lipinski definition) is 0. The van der Waals surface area contributed by atoms with E-state index in [0.717, 1.165) is 6.20 Å². The van der Waals surface area contributed by atoms with Gasteiger partial charge in [-0.05, 0) is 18.2 Å². The molecule has 0 atom stereocenters. The second-order valence-corrected chi connectivity index (χ2v) is 5.02. The summed E-state index contributed by atoms with van der Waals surface area (Å²) in [6.07, 6.45) is -4.05. The molecule has 0 aliphatic carbocycles. The molecule has 1 aromatic carbocycles. The highest BCUT2D eigenvalue weighted by Crippen LogP contribution is 2.44. The van der Waals surface area contributed by atoms with Crippen molar-refractivity contribution in [2.24, 2.45) is 0 Å². The summed E-state index contributed by atoms with van der Waals surface area (Å²) in [5.41, 5.74) is -2.31. The van der Waals surface area contributed by atoms with Crippen LogP contribution in [-0.4, -0.2) is 4.98 Å². The maximum atomic E-state index is 13.8. The average molecular weight is 345 g/mol. The fourth-order valence-corrected chi connectivity index (χ4v) is 2.70. The van der Waals surface area contributed by atoms with Gasteiger partial charge in [0.25, 0.3) is 0 Å². The van der Waals surface area contributed by atoms with Crippen LogP contribution >= 0.6 is 34.8 Å². The monoisotopic (exact) mass is 343 g/mol. The lowest BCUT2D eigenvalue weighted by atomic mass is 10.0. The van der Waals surface area contributed by atoms with E-state index >= 15 is 0 Å². The van der Waals surface area contributed by atoms with Gasteiger partial charge in [-0.3, -0.25) is 0 Å². The zero-order chi connectivity index (χ0) is 15.1. The van der Waals surface area contributed by atoms with E-state index in [2.05, 4.69) is 4.98 Å². The van der Waals surface area contributed by atoms with E-state index in [1.807, 2.05) is 0 Å². The van der Waals surface area contributed by atoms with Crippen molar-refractivity contribution in [1.82, 2.24) is 4.98 Å². The van der Waals surface area contributed by atoms with Crippen molar-refractivity contribution in [3.8, 4) is 11.1 Å². The Morgan fingerprint density at radius 2 is 1.50 bits per heavy atom. The van der Waals surface area contributed by atoms with Gasteiger partial charge in [0, 0.05) is 16.8 Å². The van der Waals surface area contributed by atoms with E-state index in [0.29, 0.717) is 6.07 Å². The van der Waals surface area contributed by atoms with E-state index in [1.54, 1.807) is 0 Å². The quantitative estimate of drug-likeness (QED) is 0.466. The summed E-state index contributed by atoms with van der Waals surface area (Å²) in [7, 11) is 0. The second-order valence-electron chi connectivity index (χ2n) is 3.77. The molecule has 0 aliphatic rings. The highest BCUT2D eigenvalue weighted by atomic mass is 35.5. The van der Waals surface area contributed by atoms with Crippen molar-refractivity contribution in [2.45, 2.75) is 6.18 Å². The van der Waals surface area contributed by atoms with E-state index in [4.69, 9.17) is 34.8 Å². The van der Waals surface area contributed by atoms with Crippen LogP contribution in [0.5, 0.6) is 0 Å². The number of aromatic nitrogens is 1. The molecule has 1 nitrogen and oxygen atoms in total. The van der Waals surface area contributed by atoms with Gasteiger partial charge >= 0.3 is 6.18 Å². The first kappa shape index (κ1) is 15.4. The summed E-state index contributed by atoms with van der Waals surface area (Å²) in [5.74, 6) is -1.31. The Hall–Kier alpha value is -1.04. The molecule has 0 amide bonds. The van der Waals surface area contributed by atoms with E-state index < -0.39 is 23.3 Å². The lowest BCUT2D eigenvalue weighted by Gasteiger charge is -2.15. The SMILES string of the molecule is Fc1nccc(C(F)(F)F)c1-c1c(Cl)cc(Cl)cc1Cl. The van der Waals surface area contributed by atoms with Crippen LogP contribution in [0.3, 0.4) is 0 Å². The van der Waals surface area contributed by atoms with Crippen molar-refractivity contribution in [2.75, 3.05) is 0 Å². The Labute approximate surface area is 126 Å². The van der Waals surface area contributed by atoms with Crippen LogP contribution < -0.4 is 0 Å². The first-order valence-electron chi connectivity index (χ1n) is 5.08. The molecule has 8 heteroatoms. The number of hydrogen-bond acceptors (Lipinski definition) is 1. The number of halogens is 7. The Kier molecular flexibility index (Phi) is 4.14. The normalized spacial score (nSPS) is 11.8. The molecule has 106 valence electrons. The smallest absolute Gasteiger partial charge is 0.228 e. The number of pyridine rings is 1. The van der Waals surface area contributed by atoms with Crippen LogP contribution in [0.1, 0.15) is 5.56 Å². The lowest BCUT2D eigenvalue weighted by Crippen LogP contribution is -2.09. The second kappa shape index (κ2) is 5.39. The molecule has 0 fully saturated rings. The fourth-order valence-electron chi connectivity index (χ4n) is 1.69. The van der Waals surface area contributed by atoms with Crippen molar-refractivity contribution in [3.63, 3.8) is 0 Å². The van der Waals surface area contributed by atoms with Crippen LogP contribution in [0, 0.1) is 5.95 Å². The first-order valence-corrected chi connectivity index (χ1v) is 6.22. The van der Waals surface area contributed by atoms with E-state index in [9.17, 15) is 17.6 Å². The zero-order valence-corrected chi connectivity index (χ0v) is 11.7. The Morgan fingerprint density at radius 3 is 2.00 bits per heavy atom. The molecule has 2 aromatic rings. The van der Waals surface area contributed by atoms with Crippen LogP contribution in [0.2, 0.25) is 15.1 Å². The maximum absolute atomic E-state index is 13.8. The minimum atomic E-state index is -4.77. The lowest BCUT2D eigenvalue weighted by molar-refractivity contribution is -0.137. The molecule has 0 saturated heterocycles. The summed E-state index contributed by atoms with van der Waals surface area (Å²) >= 11 is 17.3. The minimum Gasteiger partial charge on any atom is -0.228 e. The van der Waals surface area contributed by atoms with E-state index in [1.165, 1.54) is 12.1 Å². The van der Waals surface area contributed by atoms with Gasteiger partial charge < -0.3 is 0 Å². The maximum Gasteiger partial charge on any atom is 0.417 e. The largest absolute Gasteiger partial charge is 0.417 e. The molecule has 20 heavy (non-hydrogen) atoms. The van der Waals surface area contributed by atoms with Gasteiger partial charge in [0.05, 0.1) is 21.2 Å². The van der Waals surface area contributed by atoms with Crippen molar-refractivity contribution < 1.29 is 17.6 Å². The molecule has 0 spiro atoms. The number of benzene rings is 1. The summed E-state index contributed by atoms with van der Waals surface area (Å²) in [6.45, 7) is 0. The molecular weight excluding hydrogens is 340 g/mol. The third kappa shape index (κ3) is 2.85. The van der Waals surface area contributed by atoms with Crippen molar-refractivity contribution in [3.05, 3.63) is 51.0 Å².